The lowest BCUT2D eigenvalue weighted by Crippen LogP contribution is -2.25. The molecule has 0 spiro atoms. The predicted molar refractivity (Wildman–Crippen MR) is 39.9 cm³/mol. The minimum Gasteiger partial charge on any atom is -0.464 e. The summed E-state index contributed by atoms with van der Waals surface area (Å²) in [6.07, 6.45) is 0.375. The molecule has 0 aromatic heterocycles. The van der Waals surface area contributed by atoms with Gasteiger partial charge in [-0.25, -0.2) is 0 Å². The summed E-state index contributed by atoms with van der Waals surface area (Å²) in [6.45, 7) is 3.79. The Morgan fingerprint density at radius 3 is 2.55 bits per heavy atom. The van der Waals surface area contributed by atoms with E-state index in [0.717, 1.165) is 0 Å². The van der Waals surface area contributed by atoms with Crippen LogP contribution in [0.25, 0.3) is 0 Å². The Hall–Kier alpha value is -1.06. The van der Waals surface area contributed by atoms with Crippen LogP contribution >= 0.6 is 0 Å². The molecule has 0 heterocycles. The molecule has 4 nitrogen and oxygen atoms in total. The third kappa shape index (κ3) is 6.83. The van der Waals surface area contributed by atoms with Crippen LogP contribution in [0.3, 0.4) is 0 Å². The highest BCUT2D eigenvalue weighted by atomic mass is 16.5. The standard InChI is InChI=1S/C7H13NO3/c1-3-7(10)11-5-4-8-6(2)9/h3-5H2,1-2H3,(H,8,9). The Labute approximate surface area is 65.9 Å². The van der Waals surface area contributed by atoms with E-state index in [2.05, 4.69) is 10.1 Å². The van der Waals surface area contributed by atoms with Crippen LogP contribution in [0.1, 0.15) is 20.3 Å². The zero-order valence-corrected chi connectivity index (χ0v) is 6.85. The molecule has 0 radical (unpaired) electrons. The number of esters is 1. The molecular weight excluding hydrogens is 146 g/mol. The molecule has 1 amide bonds. The average Bonchev–Trinajstić information content (AvgIpc) is 1.97. The molecule has 0 aromatic rings. The first kappa shape index (κ1) is 9.94. The first-order chi connectivity index (χ1) is 5.16. The first-order valence-corrected chi connectivity index (χ1v) is 3.57. The summed E-state index contributed by atoms with van der Waals surface area (Å²) in [5, 5.41) is 2.51. The number of hydrogen-bond donors (Lipinski definition) is 1. The Morgan fingerprint density at radius 1 is 1.45 bits per heavy atom. The Balaban J connectivity index is 3.14. The molecule has 0 bridgehead atoms. The fourth-order valence-electron chi connectivity index (χ4n) is 0.494. The van der Waals surface area contributed by atoms with Crippen molar-refractivity contribution in [3.63, 3.8) is 0 Å². The summed E-state index contributed by atoms with van der Waals surface area (Å²) in [5.74, 6) is -0.354. The molecule has 4 heteroatoms. The highest BCUT2D eigenvalue weighted by Crippen LogP contribution is 1.82. The van der Waals surface area contributed by atoms with Crippen molar-refractivity contribution in [2.24, 2.45) is 0 Å². The van der Waals surface area contributed by atoms with Crippen LogP contribution in [-0.4, -0.2) is 25.0 Å². The molecule has 0 unspecified atom stereocenters. The Bertz CT molecular complexity index is 145. The normalized spacial score (nSPS) is 8.91. The maximum absolute atomic E-state index is 10.5. The molecule has 1 N–H and O–H groups in total. The second-order valence-corrected chi connectivity index (χ2v) is 2.06. The van der Waals surface area contributed by atoms with Crippen LogP contribution in [0, 0.1) is 0 Å². The summed E-state index contributed by atoms with van der Waals surface area (Å²) in [6, 6.07) is 0. The first-order valence-electron chi connectivity index (χ1n) is 3.57. The maximum atomic E-state index is 10.5. The van der Waals surface area contributed by atoms with Gasteiger partial charge in [-0.3, -0.25) is 9.59 Å². The number of rotatable bonds is 4. The van der Waals surface area contributed by atoms with Gasteiger partial charge < -0.3 is 10.1 Å². The smallest absolute Gasteiger partial charge is 0.305 e. The molecule has 0 atom stereocenters. The van der Waals surface area contributed by atoms with E-state index >= 15 is 0 Å². The Morgan fingerprint density at radius 2 is 2.09 bits per heavy atom. The van der Waals surface area contributed by atoms with E-state index in [-0.39, 0.29) is 18.5 Å². The summed E-state index contributed by atoms with van der Waals surface area (Å²) >= 11 is 0. The number of carbonyl (C=O) groups is 2. The van der Waals surface area contributed by atoms with Gasteiger partial charge >= 0.3 is 5.97 Å². The van der Waals surface area contributed by atoms with E-state index in [1.54, 1.807) is 6.92 Å². The van der Waals surface area contributed by atoms with E-state index in [1.807, 2.05) is 0 Å². The van der Waals surface area contributed by atoms with E-state index in [1.165, 1.54) is 6.92 Å². The molecule has 0 saturated carbocycles. The van der Waals surface area contributed by atoms with Gasteiger partial charge in [0.25, 0.3) is 0 Å². The largest absolute Gasteiger partial charge is 0.464 e. The molecule has 0 aliphatic heterocycles. The lowest BCUT2D eigenvalue weighted by molar-refractivity contribution is -0.143. The van der Waals surface area contributed by atoms with E-state index in [4.69, 9.17) is 0 Å². The fraction of sp³-hybridized carbons (Fsp3) is 0.714. The summed E-state index contributed by atoms with van der Waals surface area (Å²) in [7, 11) is 0. The van der Waals surface area contributed by atoms with Gasteiger partial charge in [-0.05, 0) is 0 Å². The molecule has 0 aromatic carbocycles. The monoisotopic (exact) mass is 159 g/mol. The summed E-state index contributed by atoms with van der Waals surface area (Å²) < 4.78 is 4.69. The van der Waals surface area contributed by atoms with Gasteiger partial charge in [-0.2, -0.15) is 0 Å². The highest BCUT2D eigenvalue weighted by Gasteiger charge is 1.96. The predicted octanol–water partition coefficient (Wildman–Crippen LogP) is 0.0757. The van der Waals surface area contributed by atoms with Crippen LogP contribution < -0.4 is 5.32 Å². The third-order valence-electron chi connectivity index (χ3n) is 1.03. The van der Waals surface area contributed by atoms with Crippen molar-refractivity contribution in [3.05, 3.63) is 0 Å². The molecular formula is C7H13NO3. The quantitative estimate of drug-likeness (QED) is 0.466. The van der Waals surface area contributed by atoms with Crippen molar-refractivity contribution in [2.45, 2.75) is 20.3 Å². The number of nitrogens with one attached hydrogen (secondary N) is 1. The minimum absolute atomic E-state index is 0.113. The van der Waals surface area contributed by atoms with Crippen molar-refractivity contribution in [1.82, 2.24) is 5.32 Å². The fourth-order valence-corrected chi connectivity index (χ4v) is 0.494. The van der Waals surface area contributed by atoms with Gasteiger partial charge in [-0.15, -0.1) is 0 Å². The van der Waals surface area contributed by atoms with Crippen molar-refractivity contribution < 1.29 is 14.3 Å². The Kier molecular flexibility index (Phi) is 5.15. The van der Waals surface area contributed by atoms with Gasteiger partial charge in [0.2, 0.25) is 5.91 Å². The lowest BCUT2D eigenvalue weighted by Gasteiger charge is -2.02. The van der Waals surface area contributed by atoms with Crippen molar-refractivity contribution >= 4 is 11.9 Å². The van der Waals surface area contributed by atoms with Crippen LogP contribution in [-0.2, 0) is 14.3 Å². The second-order valence-electron chi connectivity index (χ2n) is 2.06. The summed E-state index contributed by atoms with van der Waals surface area (Å²) in [4.78, 5) is 20.8. The summed E-state index contributed by atoms with van der Waals surface area (Å²) in [5.41, 5.74) is 0. The average molecular weight is 159 g/mol. The maximum Gasteiger partial charge on any atom is 0.305 e. The highest BCUT2D eigenvalue weighted by molar-refractivity contribution is 5.72. The topological polar surface area (TPSA) is 55.4 Å². The van der Waals surface area contributed by atoms with Crippen LogP contribution in [0.2, 0.25) is 0 Å². The number of hydrogen-bond acceptors (Lipinski definition) is 3. The van der Waals surface area contributed by atoms with Crippen LogP contribution in [0.5, 0.6) is 0 Å². The van der Waals surface area contributed by atoms with Gasteiger partial charge in [0.15, 0.2) is 0 Å². The van der Waals surface area contributed by atoms with E-state index in [0.29, 0.717) is 13.0 Å². The number of carbonyl (C=O) groups excluding carboxylic acids is 2. The van der Waals surface area contributed by atoms with E-state index < -0.39 is 0 Å². The zero-order valence-electron chi connectivity index (χ0n) is 6.85. The zero-order chi connectivity index (χ0) is 8.69. The van der Waals surface area contributed by atoms with Crippen molar-refractivity contribution in [2.75, 3.05) is 13.2 Å². The van der Waals surface area contributed by atoms with E-state index in [9.17, 15) is 9.59 Å². The van der Waals surface area contributed by atoms with Crippen molar-refractivity contribution in [3.8, 4) is 0 Å². The van der Waals surface area contributed by atoms with Gasteiger partial charge in [0, 0.05) is 13.3 Å². The van der Waals surface area contributed by atoms with Gasteiger partial charge in [0.05, 0.1) is 6.54 Å². The van der Waals surface area contributed by atoms with Crippen LogP contribution in [0.15, 0.2) is 0 Å². The molecule has 0 rings (SSSR count). The molecule has 0 aliphatic carbocycles. The SMILES string of the molecule is CCC(=O)OCCNC(C)=O. The lowest BCUT2D eigenvalue weighted by atomic mass is 10.5. The third-order valence-corrected chi connectivity index (χ3v) is 1.03. The molecule has 64 valence electrons. The second kappa shape index (κ2) is 5.70. The van der Waals surface area contributed by atoms with Crippen LogP contribution in [0.4, 0.5) is 0 Å². The number of amides is 1. The molecule has 0 saturated heterocycles. The van der Waals surface area contributed by atoms with Gasteiger partial charge in [0.1, 0.15) is 6.61 Å². The van der Waals surface area contributed by atoms with Gasteiger partial charge in [-0.1, -0.05) is 6.92 Å². The molecule has 0 aliphatic rings. The molecule has 11 heavy (non-hydrogen) atoms. The number of ether oxygens (including phenoxy) is 1. The van der Waals surface area contributed by atoms with Crippen molar-refractivity contribution in [1.29, 1.82) is 0 Å². The molecule has 0 fully saturated rings. The minimum atomic E-state index is -0.240.